The summed E-state index contributed by atoms with van der Waals surface area (Å²) in [5.74, 6) is 0.105. The van der Waals surface area contributed by atoms with Crippen LogP contribution in [-0.4, -0.2) is 33.2 Å². The molecular formula is C20H24ClN3O3S. The molecule has 0 atom stereocenters. The Balaban J connectivity index is 0.00000225. The van der Waals surface area contributed by atoms with Gasteiger partial charge in [0.15, 0.2) is 0 Å². The molecule has 0 bridgehead atoms. The third-order valence-corrected chi connectivity index (χ3v) is 7.23. The van der Waals surface area contributed by atoms with Crippen LogP contribution >= 0.6 is 12.4 Å². The van der Waals surface area contributed by atoms with Crippen molar-refractivity contribution in [1.82, 2.24) is 0 Å². The molecule has 0 aromatic heterocycles. The summed E-state index contributed by atoms with van der Waals surface area (Å²) in [4.78, 5) is 15.0. The molecule has 6 nitrogen and oxygen atoms in total. The number of carbonyl (C=O) groups is 1. The number of halogens is 1. The zero-order valence-electron chi connectivity index (χ0n) is 15.7. The van der Waals surface area contributed by atoms with Crippen LogP contribution in [-0.2, 0) is 16.4 Å². The zero-order valence-corrected chi connectivity index (χ0v) is 17.4. The monoisotopic (exact) mass is 421 g/mol. The fourth-order valence-corrected chi connectivity index (χ4v) is 5.54. The maximum Gasteiger partial charge on any atom is 0.258 e. The maximum absolute atomic E-state index is 13.2. The number of anilines is 3. The summed E-state index contributed by atoms with van der Waals surface area (Å²) in [6.45, 7) is 2.99. The van der Waals surface area contributed by atoms with Gasteiger partial charge in [0.05, 0.1) is 11.4 Å². The van der Waals surface area contributed by atoms with E-state index in [4.69, 9.17) is 5.73 Å². The second-order valence-electron chi connectivity index (χ2n) is 7.15. The lowest BCUT2D eigenvalue weighted by atomic mass is 9.98. The third-order valence-electron chi connectivity index (χ3n) is 5.36. The van der Waals surface area contributed by atoms with Crippen LogP contribution in [0.4, 0.5) is 17.1 Å². The molecule has 0 aliphatic carbocycles. The van der Waals surface area contributed by atoms with Gasteiger partial charge in [0.25, 0.3) is 5.91 Å². The van der Waals surface area contributed by atoms with Crippen molar-refractivity contribution in [3.05, 3.63) is 53.1 Å². The van der Waals surface area contributed by atoms with Gasteiger partial charge in [-0.3, -0.25) is 9.10 Å². The molecule has 0 spiro atoms. The molecule has 2 aromatic carbocycles. The number of benzene rings is 2. The SMILES string of the molecule is Cc1cc(N2CCCS2(=O)=O)ccc1C(=O)N1CCCc2c(N)cccc21.Cl. The summed E-state index contributed by atoms with van der Waals surface area (Å²) in [5, 5.41) is 0. The molecule has 2 heterocycles. The van der Waals surface area contributed by atoms with Gasteiger partial charge in [0, 0.05) is 30.0 Å². The molecule has 1 saturated heterocycles. The molecule has 1 fully saturated rings. The molecule has 2 aromatic rings. The van der Waals surface area contributed by atoms with Gasteiger partial charge in [-0.15, -0.1) is 12.4 Å². The topological polar surface area (TPSA) is 83.7 Å². The largest absolute Gasteiger partial charge is 0.398 e. The number of hydrogen-bond donors (Lipinski definition) is 1. The van der Waals surface area contributed by atoms with Crippen molar-refractivity contribution >= 4 is 45.4 Å². The Morgan fingerprint density at radius 2 is 1.89 bits per heavy atom. The molecule has 0 unspecified atom stereocenters. The Hall–Kier alpha value is -2.25. The molecule has 4 rings (SSSR count). The van der Waals surface area contributed by atoms with Crippen LogP contribution < -0.4 is 14.9 Å². The number of fused-ring (bicyclic) bond motifs is 1. The van der Waals surface area contributed by atoms with Crippen LogP contribution in [0.25, 0.3) is 0 Å². The van der Waals surface area contributed by atoms with Crippen molar-refractivity contribution in [2.75, 3.05) is 33.8 Å². The van der Waals surface area contributed by atoms with E-state index in [1.807, 2.05) is 25.1 Å². The minimum absolute atomic E-state index is 0. The molecule has 1 amide bonds. The van der Waals surface area contributed by atoms with E-state index >= 15 is 0 Å². The van der Waals surface area contributed by atoms with Crippen LogP contribution in [0.3, 0.4) is 0 Å². The summed E-state index contributed by atoms with van der Waals surface area (Å²) < 4.78 is 25.7. The predicted molar refractivity (Wildman–Crippen MR) is 115 cm³/mol. The van der Waals surface area contributed by atoms with E-state index in [2.05, 4.69) is 0 Å². The molecule has 150 valence electrons. The fraction of sp³-hybridized carbons (Fsp3) is 0.350. The zero-order chi connectivity index (χ0) is 19.2. The van der Waals surface area contributed by atoms with Crippen LogP contribution in [0.2, 0.25) is 0 Å². The first-order valence-corrected chi connectivity index (χ1v) is 10.8. The maximum atomic E-state index is 13.2. The number of rotatable bonds is 2. The highest BCUT2D eigenvalue weighted by Gasteiger charge is 2.30. The van der Waals surface area contributed by atoms with E-state index in [9.17, 15) is 13.2 Å². The fourth-order valence-electron chi connectivity index (χ4n) is 3.98. The van der Waals surface area contributed by atoms with Gasteiger partial charge in [0.1, 0.15) is 0 Å². The Kier molecular flexibility index (Phi) is 5.59. The van der Waals surface area contributed by atoms with Crippen LogP contribution in [0.15, 0.2) is 36.4 Å². The number of amides is 1. The van der Waals surface area contributed by atoms with E-state index in [0.717, 1.165) is 35.3 Å². The predicted octanol–water partition coefficient (Wildman–Crippen LogP) is 3.13. The van der Waals surface area contributed by atoms with Crippen LogP contribution in [0.1, 0.15) is 34.3 Å². The highest BCUT2D eigenvalue weighted by molar-refractivity contribution is 7.93. The van der Waals surface area contributed by atoms with Crippen molar-refractivity contribution < 1.29 is 13.2 Å². The van der Waals surface area contributed by atoms with Crippen molar-refractivity contribution in [2.24, 2.45) is 0 Å². The standard InChI is InChI=1S/C20H23N3O3S.ClH/c1-14-13-15(23-11-4-12-27(23,25)26)8-9-16(14)20(24)22-10-3-5-17-18(21)6-2-7-19(17)22;/h2,6-9,13H,3-5,10-12,21H2,1H3;1H. The molecule has 0 radical (unpaired) electrons. The number of aryl methyl sites for hydroxylation is 1. The minimum atomic E-state index is -3.23. The van der Waals surface area contributed by atoms with E-state index < -0.39 is 10.0 Å². The lowest BCUT2D eigenvalue weighted by molar-refractivity contribution is 0.0984. The number of carbonyl (C=O) groups excluding carboxylic acids is 1. The van der Waals surface area contributed by atoms with Gasteiger partial charge >= 0.3 is 0 Å². The molecule has 0 saturated carbocycles. The van der Waals surface area contributed by atoms with Crippen molar-refractivity contribution in [2.45, 2.75) is 26.2 Å². The van der Waals surface area contributed by atoms with Gasteiger partial charge in [-0.05, 0) is 67.6 Å². The molecule has 28 heavy (non-hydrogen) atoms. The van der Waals surface area contributed by atoms with Gasteiger partial charge in [0.2, 0.25) is 10.0 Å². The summed E-state index contributed by atoms with van der Waals surface area (Å²) in [5.41, 5.74) is 10.7. The Morgan fingerprint density at radius 3 is 2.57 bits per heavy atom. The van der Waals surface area contributed by atoms with Gasteiger partial charge in [-0.1, -0.05) is 6.07 Å². The lowest BCUT2D eigenvalue weighted by Crippen LogP contribution is -2.36. The molecular weight excluding hydrogens is 398 g/mol. The average molecular weight is 422 g/mol. The minimum Gasteiger partial charge on any atom is -0.398 e. The number of hydrogen-bond acceptors (Lipinski definition) is 4. The first kappa shape index (κ1) is 20.5. The molecule has 2 aliphatic heterocycles. The highest BCUT2D eigenvalue weighted by Crippen LogP contribution is 2.33. The van der Waals surface area contributed by atoms with E-state index in [1.165, 1.54) is 4.31 Å². The van der Waals surface area contributed by atoms with E-state index in [0.29, 0.717) is 30.8 Å². The second-order valence-corrected chi connectivity index (χ2v) is 9.16. The Labute approximate surface area is 171 Å². The number of nitrogens with zero attached hydrogens (tertiary/aromatic N) is 2. The molecule has 8 heteroatoms. The number of nitrogens with two attached hydrogens (primary N) is 1. The highest BCUT2D eigenvalue weighted by atomic mass is 35.5. The van der Waals surface area contributed by atoms with E-state index in [-0.39, 0.29) is 24.1 Å². The smallest absolute Gasteiger partial charge is 0.258 e. The number of nitrogen functional groups attached to an aromatic ring is 1. The first-order chi connectivity index (χ1) is 12.9. The average Bonchev–Trinajstić information content (AvgIpc) is 3.00. The third kappa shape index (κ3) is 3.44. The van der Waals surface area contributed by atoms with Crippen LogP contribution in [0.5, 0.6) is 0 Å². The van der Waals surface area contributed by atoms with E-state index in [1.54, 1.807) is 23.1 Å². The van der Waals surface area contributed by atoms with Crippen LogP contribution in [0, 0.1) is 6.92 Å². The Bertz CT molecular complexity index is 1020. The van der Waals surface area contributed by atoms with Gasteiger partial charge in [-0.2, -0.15) is 0 Å². The summed E-state index contributed by atoms with van der Waals surface area (Å²) in [6.07, 6.45) is 2.38. The summed E-state index contributed by atoms with van der Waals surface area (Å²) in [7, 11) is -3.23. The summed E-state index contributed by atoms with van der Waals surface area (Å²) in [6, 6.07) is 10.9. The van der Waals surface area contributed by atoms with Gasteiger partial charge < -0.3 is 10.6 Å². The quantitative estimate of drug-likeness (QED) is 0.755. The van der Waals surface area contributed by atoms with Crippen molar-refractivity contribution in [3.63, 3.8) is 0 Å². The van der Waals surface area contributed by atoms with Crippen molar-refractivity contribution in [3.8, 4) is 0 Å². The van der Waals surface area contributed by atoms with Gasteiger partial charge in [-0.25, -0.2) is 8.42 Å². The molecule has 2 N–H and O–H groups in total. The Morgan fingerprint density at radius 1 is 1.11 bits per heavy atom. The van der Waals surface area contributed by atoms with Crippen molar-refractivity contribution in [1.29, 1.82) is 0 Å². The molecule has 2 aliphatic rings. The lowest BCUT2D eigenvalue weighted by Gasteiger charge is -2.31. The number of sulfonamides is 1. The normalized spacial score (nSPS) is 17.8. The first-order valence-electron chi connectivity index (χ1n) is 9.19. The summed E-state index contributed by atoms with van der Waals surface area (Å²) >= 11 is 0. The second kappa shape index (κ2) is 7.64.